The van der Waals surface area contributed by atoms with E-state index in [9.17, 15) is 14.4 Å². The first kappa shape index (κ1) is 17.4. The molecule has 6 nitrogen and oxygen atoms in total. The molecule has 0 heterocycles. The van der Waals surface area contributed by atoms with Gasteiger partial charge in [0.1, 0.15) is 5.60 Å². The minimum absolute atomic E-state index is 0.0777. The van der Waals surface area contributed by atoms with Crippen LogP contribution in [0.4, 0.5) is 0 Å². The van der Waals surface area contributed by atoms with Crippen LogP contribution in [0.3, 0.4) is 0 Å². The van der Waals surface area contributed by atoms with Gasteiger partial charge >= 0.3 is 17.9 Å². The first-order valence-electron chi connectivity index (χ1n) is 6.23. The molecule has 0 unspecified atom stereocenters. The fourth-order valence-electron chi connectivity index (χ4n) is 1.16. The molecule has 0 aliphatic rings. The molecule has 6 heteroatoms. The summed E-state index contributed by atoms with van der Waals surface area (Å²) in [5.41, 5.74) is -0.584. The van der Waals surface area contributed by atoms with Crippen LogP contribution in [-0.2, 0) is 28.6 Å². The normalized spacial score (nSPS) is 12.5. The van der Waals surface area contributed by atoms with Gasteiger partial charge in [-0.1, -0.05) is 0 Å². The summed E-state index contributed by atoms with van der Waals surface area (Å²) in [5, 5.41) is 0. The van der Waals surface area contributed by atoms with E-state index in [2.05, 4.69) is 4.74 Å². The molecule has 0 spiro atoms. The highest BCUT2D eigenvalue weighted by molar-refractivity contribution is 5.81. The molecule has 0 fully saturated rings. The lowest BCUT2D eigenvalue weighted by molar-refractivity contribution is -0.167. The van der Waals surface area contributed by atoms with Crippen LogP contribution in [0, 0.1) is 0 Å². The van der Waals surface area contributed by atoms with Crippen LogP contribution in [0.25, 0.3) is 0 Å². The van der Waals surface area contributed by atoms with Crippen molar-refractivity contribution in [1.29, 1.82) is 0 Å². The molecule has 0 rings (SSSR count). The highest BCUT2D eigenvalue weighted by Crippen LogP contribution is 2.09. The number of hydrogen-bond acceptors (Lipinski definition) is 6. The van der Waals surface area contributed by atoms with E-state index in [0.717, 1.165) is 0 Å². The van der Waals surface area contributed by atoms with Crippen molar-refractivity contribution in [3.8, 4) is 0 Å². The van der Waals surface area contributed by atoms with Gasteiger partial charge in [-0.25, -0.2) is 4.79 Å². The fraction of sp³-hybridized carbons (Fsp3) is 0.769. The minimum atomic E-state index is -0.967. The first-order chi connectivity index (χ1) is 8.65. The average Bonchev–Trinajstić information content (AvgIpc) is 2.24. The number of esters is 3. The summed E-state index contributed by atoms with van der Waals surface area (Å²) in [7, 11) is 0. The van der Waals surface area contributed by atoms with Gasteiger partial charge in [0, 0.05) is 0 Å². The minimum Gasteiger partial charge on any atom is -0.463 e. The SMILES string of the molecule is CCOC(=O)[C@H](C)OC(=O)CCC(=O)OC(C)(C)C. The van der Waals surface area contributed by atoms with Gasteiger partial charge < -0.3 is 14.2 Å². The molecule has 0 aromatic carbocycles. The smallest absolute Gasteiger partial charge is 0.347 e. The van der Waals surface area contributed by atoms with Crippen LogP contribution in [0.1, 0.15) is 47.5 Å². The number of carbonyl (C=O) groups excluding carboxylic acids is 3. The third-order valence-electron chi connectivity index (χ3n) is 1.88. The van der Waals surface area contributed by atoms with Crippen LogP contribution >= 0.6 is 0 Å². The van der Waals surface area contributed by atoms with E-state index in [1.807, 2.05) is 0 Å². The van der Waals surface area contributed by atoms with E-state index < -0.39 is 29.6 Å². The molecule has 0 saturated carbocycles. The Kier molecular flexibility index (Phi) is 7.11. The van der Waals surface area contributed by atoms with Gasteiger partial charge in [-0.2, -0.15) is 0 Å². The first-order valence-corrected chi connectivity index (χ1v) is 6.23. The second kappa shape index (κ2) is 7.76. The predicted octanol–water partition coefficient (Wildman–Crippen LogP) is 1.60. The third-order valence-corrected chi connectivity index (χ3v) is 1.88. The Morgan fingerprint density at radius 1 is 1.05 bits per heavy atom. The van der Waals surface area contributed by atoms with Gasteiger partial charge in [0.15, 0.2) is 6.10 Å². The van der Waals surface area contributed by atoms with Crippen molar-refractivity contribution in [3.63, 3.8) is 0 Å². The third kappa shape index (κ3) is 9.04. The Morgan fingerprint density at radius 3 is 2.05 bits per heavy atom. The van der Waals surface area contributed by atoms with E-state index in [0.29, 0.717) is 0 Å². The second-order valence-corrected chi connectivity index (χ2v) is 4.97. The molecule has 0 aliphatic heterocycles. The number of rotatable bonds is 6. The van der Waals surface area contributed by atoms with Crippen molar-refractivity contribution in [2.24, 2.45) is 0 Å². The molecule has 19 heavy (non-hydrogen) atoms. The van der Waals surface area contributed by atoms with Crippen LogP contribution in [-0.4, -0.2) is 36.2 Å². The van der Waals surface area contributed by atoms with E-state index >= 15 is 0 Å². The van der Waals surface area contributed by atoms with Gasteiger partial charge in [0.2, 0.25) is 0 Å². The van der Waals surface area contributed by atoms with Gasteiger partial charge in [-0.15, -0.1) is 0 Å². The lowest BCUT2D eigenvalue weighted by Gasteiger charge is -2.19. The molecular formula is C13H22O6. The molecule has 0 saturated heterocycles. The van der Waals surface area contributed by atoms with Crippen molar-refractivity contribution < 1.29 is 28.6 Å². The zero-order valence-corrected chi connectivity index (χ0v) is 12.1. The maximum atomic E-state index is 11.4. The molecule has 110 valence electrons. The lowest BCUT2D eigenvalue weighted by Crippen LogP contribution is -2.27. The van der Waals surface area contributed by atoms with Crippen molar-refractivity contribution in [1.82, 2.24) is 0 Å². The summed E-state index contributed by atoms with van der Waals surface area (Å²) in [5.74, 6) is -1.72. The van der Waals surface area contributed by atoms with Gasteiger partial charge in [0.05, 0.1) is 19.4 Å². The van der Waals surface area contributed by atoms with Crippen LogP contribution in [0.2, 0.25) is 0 Å². The Balaban J connectivity index is 3.99. The number of carbonyl (C=O) groups is 3. The molecule has 0 aromatic heterocycles. The Morgan fingerprint density at radius 2 is 1.58 bits per heavy atom. The highest BCUT2D eigenvalue weighted by atomic mass is 16.6. The maximum Gasteiger partial charge on any atom is 0.347 e. The summed E-state index contributed by atoms with van der Waals surface area (Å²) in [6, 6.07) is 0. The Hall–Kier alpha value is -1.59. The van der Waals surface area contributed by atoms with E-state index in [1.54, 1.807) is 27.7 Å². The molecule has 0 radical (unpaired) electrons. The van der Waals surface area contributed by atoms with Gasteiger partial charge in [0.25, 0.3) is 0 Å². The van der Waals surface area contributed by atoms with E-state index in [4.69, 9.17) is 9.47 Å². The molecule has 0 N–H and O–H groups in total. The lowest BCUT2D eigenvalue weighted by atomic mass is 10.2. The summed E-state index contributed by atoms with van der Waals surface area (Å²) in [6.07, 6.45) is -1.17. The zero-order chi connectivity index (χ0) is 15.1. The number of ether oxygens (including phenoxy) is 3. The van der Waals surface area contributed by atoms with E-state index in [1.165, 1.54) is 6.92 Å². The van der Waals surface area contributed by atoms with Crippen LogP contribution < -0.4 is 0 Å². The van der Waals surface area contributed by atoms with Crippen molar-refractivity contribution in [2.45, 2.75) is 59.2 Å². The summed E-state index contributed by atoms with van der Waals surface area (Å²) in [4.78, 5) is 34.0. The van der Waals surface area contributed by atoms with E-state index in [-0.39, 0.29) is 19.4 Å². The molecule has 0 aromatic rings. The largest absolute Gasteiger partial charge is 0.463 e. The van der Waals surface area contributed by atoms with Crippen LogP contribution in [0.15, 0.2) is 0 Å². The zero-order valence-electron chi connectivity index (χ0n) is 12.1. The quantitative estimate of drug-likeness (QED) is 0.540. The Bertz CT molecular complexity index is 329. The van der Waals surface area contributed by atoms with Crippen molar-refractivity contribution in [2.75, 3.05) is 6.61 Å². The van der Waals surface area contributed by atoms with Crippen LogP contribution in [0.5, 0.6) is 0 Å². The second-order valence-electron chi connectivity index (χ2n) is 4.97. The molecule has 0 bridgehead atoms. The predicted molar refractivity (Wildman–Crippen MR) is 67.3 cm³/mol. The summed E-state index contributed by atoms with van der Waals surface area (Å²) >= 11 is 0. The van der Waals surface area contributed by atoms with Crippen molar-refractivity contribution in [3.05, 3.63) is 0 Å². The van der Waals surface area contributed by atoms with Gasteiger partial charge in [-0.05, 0) is 34.6 Å². The number of hydrogen-bond donors (Lipinski definition) is 0. The van der Waals surface area contributed by atoms with Crippen molar-refractivity contribution >= 4 is 17.9 Å². The molecule has 1 atom stereocenters. The summed E-state index contributed by atoms with van der Waals surface area (Å²) in [6.45, 7) is 8.53. The molecule has 0 amide bonds. The summed E-state index contributed by atoms with van der Waals surface area (Å²) < 4.78 is 14.6. The monoisotopic (exact) mass is 274 g/mol. The Labute approximate surface area is 113 Å². The maximum absolute atomic E-state index is 11.4. The molecule has 0 aliphatic carbocycles. The topological polar surface area (TPSA) is 78.9 Å². The fourth-order valence-corrected chi connectivity index (χ4v) is 1.16. The van der Waals surface area contributed by atoms with Gasteiger partial charge in [-0.3, -0.25) is 9.59 Å². The highest BCUT2D eigenvalue weighted by Gasteiger charge is 2.21. The molecular weight excluding hydrogens is 252 g/mol. The standard InChI is InChI=1S/C13H22O6/c1-6-17-12(16)9(2)18-10(14)7-8-11(15)19-13(3,4)5/h9H,6-8H2,1-5H3/t9-/m0/s1. The average molecular weight is 274 g/mol.